The Morgan fingerprint density at radius 3 is 2.47 bits per heavy atom. The van der Waals surface area contributed by atoms with E-state index >= 15 is 0 Å². The van der Waals surface area contributed by atoms with E-state index in [0.29, 0.717) is 10.9 Å². The third kappa shape index (κ3) is 3.16. The van der Waals surface area contributed by atoms with Gasteiger partial charge in [-0.1, -0.05) is 12.1 Å². The molecule has 0 spiro atoms. The lowest BCUT2D eigenvalue weighted by atomic mass is 9.86. The summed E-state index contributed by atoms with van der Waals surface area (Å²) in [6.07, 6.45) is 3.12. The van der Waals surface area contributed by atoms with Crippen LogP contribution in [-0.2, 0) is 20.2 Å². The molecule has 1 aliphatic rings. The minimum absolute atomic E-state index is 0.345. The first-order valence-corrected chi connectivity index (χ1v) is 8.36. The Morgan fingerprint density at radius 2 is 1.95 bits per heavy atom. The molecule has 1 aromatic carbocycles. The first kappa shape index (κ1) is 14.5. The third-order valence-corrected chi connectivity index (χ3v) is 4.95. The van der Waals surface area contributed by atoms with Crippen molar-refractivity contribution in [1.29, 1.82) is 0 Å². The molecule has 1 aliphatic heterocycles. The van der Waals surface area contributed by atoms with Gasteiger partial charge in [-0.2, -0.15) is 0 Å². The van der Waals surface area contributed by atoms with Gasteiger partial charge in [-0.3, -0.25) is 0 Å². The number of ether oxygens (including phenoxy) is 1. The molecular weight excluding hydrogens is 262 g/mol. The van der Waals surface area contributed by atoms with Crippen LogP contribution in [-0.4, -0.2) is 34.4 Å². The quantitative estimate of drug-likeness (QED) is 0.917. The summed E-state index contributed by atoms with van der Waals surface area (Å²) in [5.41, 5.74) is 0.682. The van der Waals surface area contributed by atoms with E-state index in [4.69, 9.17) is 4.74 Å². The van der Waals surface area contributed by atoms with Crippen LogP contribution in [0.1, 0.15) is 25.3 Å². The Labute approximate surface area is 115 Å². The molecule has 1 heterocycles. The van der Waals surface area contributed by atoms with E-state index in [2.05, 4.69) is 12.2 Å². The van der Waals surface area contributed by atoms with Crippen LogP contribution in [0.4, 0.5) is 0 Å². The van der Waals surface area contributed by atoms with Gasteiger partial charge < -0.3 is 10.1 Å². The summed E-state index contributed by atoms with van der Waals surface area (Å²) in [6, 6.07) is 7.46. The fourth-order valence-electron chi connectivity index (χ4n) is 2.56. The van der Waals surface area contributed by atoms with Crippen molar-refractivity contribution >= 4 is 9.84 Å². The van der Waals surface area contributed by atoms with E-state index in [1.165, 1.54) is 6.26 Å². The standard InChI is InChI=1S/C14H21NO3S/c1-14(10-12(15-2)8-9-18-14)11-4-6-13(7-5-11)19(3,16)17/h4-7,12,15H,8-10H2,1-3H3. The summed E-state index contributed by atoms with van der Waals surface area (Å²) in [6.45, 7) is 2.78. The van der Waals surface area contributed by atoms with Gasteiger partial charge in [0, 0.05) is 18.9 Å². The molecule has 0 aliphatic carbocycles. The zero-order valence-corrected chi connectivity index (χ0v) is 12.5. The second-order valence-corrected chi connectivity index (χ2v) is 7.37. The Morgan fingerprint density at radius 1 is 1.32 bits per heavy atom. The van der Waals surface area contributed by atoms with Crippen molar-refractivity contribution in [3.63, 3.8) is 0 Å². The monoisotopic (exact) mass is 283 g/mol. The van der Waals surface area contributed by atoms with E-state index in [-0.39, 0.29) is 5.60 Å². The minimum Gasteiger partial charge on any atom is -0.370 e. The van der Waals surface area contributed by atoms with Gasteiger partial charge in [0.2, 0.25) is 0 Å². The van der Waals surface area contributed by atoms with Crippen LogP contribution in [0.5, 0.6) is 0 Å². The average Bonchev–Trinajstić information content (AvgIpc) is 2.38. The smallest absolute Gasteiger partial charge is 0.175 e. The lowest BCUT2D eigenvalue weighted by Crippen LogP contribution is -2.42. The molecule has 2 atom stereocenters. The summed E-state index contributed by atoms with van der Waals surface area (Å²) in [7, 11) is -1.18. The van der Waals surface area contributed by atoms with Crippen molar-refractivity contribution in [1.82, 2.24) is 5.32 Å². The van der Waals surface area contributed by atoms with Gasteiger partial charge in [0.25, 0.3) is 0 Å². The maximum atomic E-state index is 11.5. The molecule has 1 N–H and O–H groups in total. The zero-order valence-electron chi connectivity index (χ0n) is 11.6. The van der Waals surface area contributed by atoms with E-state index in [0.717, 1.165) is 25.0 Å². The number of rotatable bonds is 3. The molecule has 0 radical (unpaired) electrons. The van der Waals surface area contributed by atoms with Crippen molar-refractivity contribution in [2.45, 2.75) is 36.3 Å². The molecule has 0 amide bonds. The van der Waals surface area contributed by atoms with Crippen molar-refractivity contribution in [2.75, 3.05) is 19.9 Å². The minimum atomic E-state index is -3.14. The van der Waals surface area contributed by atoms with Crippen LogP contribution < -0.4 is 5.32 Å². The highest BCUT2D eigenvalue weighted by Crippen LogP contribution is 2.35. The van der Waals surface area contributed by atoms with Gasteiger partial charge in [-0.05, 0) is 44.5 Å². The number of hydrogen-bond donors (Lipinski definition) is 1. The first-order valence-electron chi connectivity index (χ1n) is 6.47. The van der Waals surface area contributed by atoms with E-state index in [9.17, 15) is 8.42 Å². The fourth-order valence-corrected chi connectivity index (χ4v) is 3.19. The second kappa shape index (κ2) is 5.23. The molecule has 2 unspecified atom stereocenters. The van der Waals surface area contributed by atoms with Crippen LogP contribution in [0, 0.1) is 0 Å². The van der Waals surface area contributed by atoms with E-state index in [1.807, 2.05) is 19.2 Å². The van der Waals surface area contributed by atoms with Gasteiger partial charge in [0.05, 0.1) is 10.5 Å². The molecule has 1 aromatic rings. The Kier molecular flexibility index (Phi) is 3.99. The van der Waals surface area contributed by atoms with Crippen molar-refractivity contribution < 1.29 is 13.2 Å². The molecule has 106 valence electrons. The number of benzene rings is 1. The molecule has 1 fully saturated rings. The molecule has 4 nitrogen and oxygen atoms in total. The van der Waals surface area contributed by atoms with Crippen LogP contribution in [0.15, 0.2) is 29.2 Å². The maximum absolute atomic E-state index is 11.5. The fraction of sp³-hybridized carbons (Fsp3) is 0.571. The molecule has 2 rings (SSSR count). The molecule has 0 saturated carbocycles. The first-order chi connectivity index (χ1) is 8.85. The van der Waals surface area contributed by atoms with Crippen molar-refractivity contribution in [2.24, 2.45) is 0 Å². The Hall–Kier alpha value is -0.910. The largest absolute Gasteiger partial charge is 0.370 e. The average molecular weight is 283 g/mol. The highest BCUT2D eigenvalue weighted by molar-refractivity contribution is 7.90. The highest BCUT2D eigenvalue weighted by Gasteiger charge is 2.34. The molecule has 1 saturated heterocycles. The van der Waals surface area contributed by atoms with Crippen molar-refractivity contribution in [3.8, 4) is 0 Å². The predicted octanol–water partition coefficient (Wildman–Crippen LogP) is 1.70. The SMILES string of the molecule is CNC1CCOC(C)(c2ccc(S(C)(=O)=O)cc2)C1. The normalized spacial score (nSPS) is 28.3. The highest BCUT2D eigenvalue weighted by atomic mass is 32.2. The molecule has 0 bridgehead atoms. The topological polar surface area (TPSA) is 55.4 Å². The summed E-state index contributed by atoms with van der Waals surface area (Å²) in [5, 5.41) is 3.29. The van der Waals surface area contributed by atoms with Gasteiger partial charge in [0.1, 0.15) is 0 Å². The van der Waals surface area contributed by atoms with Crippen LogP contribution >= 0.6 is 0 Å². The zero-order chi connectivity index (χ0) is 14.1. The summed E-state index contributed by atoms with van der Waals surface area (Å²) in [4.78, 5) is 0.348. The van der Waals surface area contributed by atoms with Crippen LogP contribution in [0.2, 0.25) is 0 Å². The Bertz CT molecular complexity index is 538. The van der Waals surface area contributed by atoms with Gasteiger partial charge >= 0.3 is 0 Å². The molecular formula is C14H21NO3S. The van der Waals surface area contributed by atoms with Crippen LogP contribution in [0.25, 0.3) is 0 Å². The number of sulfone groups is 1. The van der Waals surface area contributed by atoms with Gasteiger partial charge in [-0.25, -0.2) is 8.42 Å². The van der Waals surface area contributed by atoms with E-state index in [1.54, 1.807) is 12.1 Å². The third-order valence-electron chi connectivity index (χ3n) is 3.82. The summed E-state index contributed by atoms with van der Waals surface area (Å²) < 4.78 is 28.8. The number of nitrogens with one attached hydrogen (secondary N) is 1. The van der Waals surface area contributed by atoms with E-state index < -0.39 is 9.84 Å². The lowest BCUT2D eigenvalue weighted by Gasteiger charge is -2.38. The Balaban J connectivity index is 2.26. The van der Waals surface area contributed by atoms with Crippen LogP contribution in [0.3, 0.4) is 0 Å². The lowest BCUT2D eigenvalue weighted by molar-refractivity contribution is -0.0804. The molecule has 19 heavy (non-hydrogen) atoms. The maximum Gasteiger partial charge on any atom is 0.175 e. The summed E-state index contributed by atoms with van der Waals surface area (Å²) >= 11 is 0. The van der Waals surface area contributed by atoms with Crippen molar-refractivity contribution in [3.05, 3.63) is 29.8 Å². The second-order valence-electron chi connectivity index (χ2n) is 5.35. The van der Waals surface area contributed by atoms with Gasteiger partial charge in [-0.15, -0.1) is 0 Å². The molecule has 0 aromatic heterocycles. The predicted molar refractivity (Wildman–Crippen MR) is 74.9 cm³/mol. The summed E-state index contributed by atoms with van der Waals surface area (Å²) in [5.74, 6) is 0. The number of hydrogen-bond acceptors (Lipinski definition) is 4. The van der Waals surface area contributed by atoms with Gasteiger partial charge in [0.15, 0.2) is 9.84 Å². The molecule has 5 heteroatoms.